The van der Waals surface area contributed by atoms with Crippen molar-refractivity contribution in [2.45, 2.75) is 46.1 Å². The number of para-hydroxylation sites is 1. The lowest BCUT2D eigenvalue weighted by Gasteiger charge is -2.38. The molecule has 1 aromatic carbocycles. The average molecular weight is 298 g/mol. The second kappa shape index (κ2) is 5.60. The molecule has 20 heavy (non-hydrogen) atoms. The van der Waals surface area contributed by atoms with Crippen LogP contribution in [-0.4, -0.2) is 11.0 Å². The highest BCUT2D eigenvalue weighted by molar-refractivity contribution is 6.32. The number of hydrogen-bond acceptors (Lipinski definition) is 3. The van der Waals surface area contributed by atoms with Crippen molar-refractivity contribution < 1.29 is 9.66 Å². The molecule has 0 radical (unpaired) electrons. The summed E-state index contributed by atoms with van der Waals surface area (Å²) in [6.45, 7) is 6.63. The van der Waals surface area contributed by atoms with Gasteiger partial charge in [-0.3, -0.25) is 10.1 Å². The molecule has 2 unspecified atom stereocenters. The number of rotatable bonds is 3. The van der Waals surface area contributed by atoms with E-state index >= 15 is 0 Å². The SMILES string of the molecule is CC1CC(Oc2cccc(Cl)c2[N+](=O)[O-])CC(C)(C)C1. The van der Waals surface area contributed by atoms with Gasteiger partial charge in [0.15, 0.2) is 5.75 Å². The van der Waals surface area contributed by atoms with Gasteiger partial charge in [-0.2, -0.15) is 0 Å². The van der Waals surface area contributed by atoms with Crippen molar-refractivity contribution in [3.05, 3.63) is 33.3 Å². The van der Waals surface area contributed by atoms with Crippen molar-refractivity contribution in [1.29, 1.82) is 0 Å². The molecule has 0 amide bonds. The molecule has 0 N–H and O–H groups in total. The first-order chi connectivity index (χ1) is 9.28. The first-order valence-electron chi connectivity index (χ1n) is 6.88. The lowest BCUT2D eigenvalue weighted by atomic mass is 9.71. The molecule has 0 spiro atoms. The van der Waals surface area contributed by atoms with E-state index in [9.17, 15) is 10.1 Å². The molecule has 1 saturated carbocycles. The fraction of sp³-hybridized carbons (Fsp3) is 0.600. The van der Waals surface area contributed by atoms with Crippen molar-refractivity contribution >= 4 is 17.3 Å². The van der Waals surface area contributed by atoms with Crippen molar-refractivity contribution in [3.8, 4) is 5.75 Å². The third-order valence-corrected chi connectivity index (χ3v) is 4.08. The highest BCUT2D eigenvalue weighted by Gasteiger charge is 2.34. The lowest BCUT2D eigenvalue weighted by Crippen LogP contribution is -2.34. The summed E-state index contributed by atoms with van der Waals surface area (Å²) in [5.41, 5.74) is 0.0700. The molecule has 1 fully saturated rings. The van der Waals surface area contributed by atoms with Gasteiger partial charge in [-0.1, -0.05) is 38.4 Å². The zero-order chi connectivity index (χ0) is 14.9. The van der Waals surface area contributed by atoms with E-state index in [2.05, 4.69) is 20.8 Å². The zero-order valence-corrected chi connectivity index (χ0v) is 12.8. The molecule has 0 aliphatic heterocycles. The summed E-state index contributed by atoms with van der Waals surface area (Å²) in [7, 11) is 0. The summed E-state index contributed by atoms with van der Waals surface area (Å²) in [5.74, 6) is 0.833. The van der Waals surface area contributed by atoms with Crippen LogP contribution in [0, 0.1) is 21.4 Å². The van der Waals surface area contributed by atoms with Gasteiger partial charge in [-0.15, -0.1) is 0 Å². The van der Waals surface area contributed by atoms with Gasteiger partial charge in [0.1, 0.15) is 5.02 Å². The van der Waals surface area contributed by atoms with E-state index in [-0.39, 0.29) is 28.0 Å². The van der Waals surface area contributed by atoms with Gasteiger partial charge < -0.3 is 4.74 Å². The van der Waals surface area contributed by atoms with Crippen molar-refractivity contribution in [2.24, 2.45) is 11.3 Å². The monoisotopic (exact) mass is 297 g/mol. The highest BCUT2D eigenvalue weighted by Crippen LogP contribution is 2.42. The predicted octanol–water partition coefficient (Wildman–Crippen LogP) is 4.84. The Balaban J connectivity index is 2.22. The van der Waals surface area contributed by atoms with Crippen LogP contribution in [0.4, 0.5) is 5.69 Å². The minimum atomic E-state index is -0.477. The smallest absolute Gasteiger partial charge is 0.329 e. The number of nitrogens with zero attached hydrogens (tertiary/aromatic N) is 1. The van der Waals surface area contributed by atoms with Gasteiger partial charge in [-0.25, -0.2) is 0 Å². The Bertz CT molecular complexity index is 516. The molecule has 0 aromatic heterocycles. The number of nitro groups is 1. The quantitative estimate of drug-likeness (QED) is 0.592. The molecule has 0 heterocycles. The standard InChI is InChI=1S/C15H20ClNO3/c1-10-7-11(9-15(2,3)8-10)20-13-6-4-5-12(16)14(13)17(18)19/h4-6,10-11H,7-9H2,1-3H3. The van der Waals surface area contributed by atoms with Gasteiger partial charge in [0.2, 0.25) is 0 Å². The average Bonchev–Trinajstić information content (AvgIpc) is 2.25. The maximum absolute atomic E-state index is 11.1. The van der Waals surface area contributed by atoms with E-state index in [1.807, 2.05) is 0 Å². The Morgan fingerprint density at radius 1 is 1.40 bits per heavy atom. The minimum absolute atomic E-state index is 0.00548. The van der Waals surface area contributed by atoms with E-state index in [4.69, 9.17) is 16.3 Å². The van der Waals surface area contributed by atoms with E-state index in [0.717, 1.165) is 19.3 Å². The summed E-state index contributed by atoms with van der Waals surface area (Å²) in [6, 6.07) is 4.82. The second-order valence-corrected chi connectivity index (χ2v) is 6.90. The molecule has 1 aliphatic rings. The van der Waals surface area contributed by atoms with Crippen LogP contribution in [0.1, 0.15) is 40.0 Å². The number of benzene rings is 1. The Labute approximate surface area is 124 Å². The fourth-order valence-electron chi connectivity index (χ4n) is 3.30. The van der Waals surface area contributed by atoms with Crippen LogP contribution in [-0.2, 0) is 0 Å². The molecular formula is C15H20ClNO3. The first-order valence-corrected chi connectivity index (χ1v) is 7.26. The molecular weight excluding hydrogens is 278 g/mol. The molecule has 2 rings (SSSR count). The van der Waals surface area contributed by atoms with Gasteiger partial charge in [0.25, 0.3) is 0 Å². The van der Waals surface area contributed by atoms with E-state index in [0.29, 0.717) is 5.92 Å². The van der Waals surface area contributed by atoms with Gasteiger partial charge in [0.05, 0.1) is 11.0 Å². The Morgan fingerprint density at radius 2 is 2.10 bits per heavy atom. The minimum Gasteiger partial charge on any atom is -0.483 e. The number of nitro benzene ring substituents is 1. The Kier molecular flexibility index (Phi) is 4.23. The number of halogens is 1. The topological polar surface area (TPSA) is 52.4 Å². The van der Waals surface area contributed by atoms with Crippen LogP contribution < -0.4 is 4.74 Å². The second-order valence-electron chi connectivity index (χ2n) is 6.50. The lowest BCUT2D eigenvalue weighted by molar-refractivity contribution is -0.386. The molecule has 5 heteroatoms. The normalized spacial score (nSPS) is 25.2. The third-order valence-electron chi connectivity index (χ3n) is 3.77. The molecule has 110 valence electrons. The maximum Gasteiger partial charge on any atom is 0.329 e. The summed E-state index contributed by atoms with van der Waals surface area (Å²) >= 11 is 5.91. The molecule has 4 nitrogen and oxygen atoms in total. The summed E-state index contributed by atoms with van der Waals surface area (Å²) in [6.07, 6.45) is 2.99. The first kappa shape index (κ1) is 15.1. The van der Waals surface area contributed by atoms with Crippen LogP contribution in [0.25, 0.3) is 0 Å². The van der Waals surface area contributed by atoms with Crippen LogP contribution in [0.15, 0.2) is 18.2 Å². The van der Waals surface area contributed by atoms with Crippen molar-refractivity contribution in [1.82, 2.24) is 0 Å². The molecule has 2 atom stereocenters. The highest BCUT2D eigenvalue weighted by atomic mass is 35.5. The molecule has 1 aliphatic carbocycles. The zero-order valence-electron chi connectivity index (χ0n) is 12.1. The Morgan fingerprint density at radius 3 is 2.70 bits per heavy atom. The van der Waals surface area contributed by atoms with Crippen LogP contribution in [0.3, 0.4) is 0 Å². The number of hydrogen-bond donors (Lipinski definition) is 0. The van der Waals surface area contributed by atoms with E-state index in [1.54, 1.807) is 12.1 Å². The van der Waals surface area contributed by atoms with Crippen molar-refractivity contribution in [2.75, 3.05) is 0 Å². The van der Waals surface area contributed by atoms with Crippen LogP contribution in [0.2, 0.25) is 5.02 Å². The van der Waals surface area contributed by atoms with Crippen LogP contribution in [0.5, 0.6) is 5.75 Å². The van der Waals surface area contributed by atoms with Crippen LogP contribution >= 0.6 is 11.6 Å². The fourth-order valence-corrected chi connectivity index (χ4v) is 3.53. The summed E-state index contributed by atoms with van der Waals surface area (Å²) in [5, 5.41) is 11.2. The van der Waals surface area contributed by atoms with Gasteiger partial charge in [0, 0.05) is 0 Å². The molecule has 0 saturated heterocycles. The largest absolute Gasteiger partial charge is 0.483 e. The van der Waals surface area contributed by atoms with Gasteiger partial charge >= 0.3 is 5.69 Å². The number of ether oxygens (including phenoxy) is 1. The van der Waals surface area contributed by atoms with Gasteiger partial charge in [-0.05, 0) is 42.7 Å². The van der Waals surface area contributed by atoms with Crippen molar-refractivity contribution in [3.63, 3.8) is 0 Å². The molecule has 1 aromatic rings. The predicted molar refractivity (Wildman–Crippen MR) is 79.3 cm³/mol. The summed E-state index contributed by atoms with van der Waals surface area (Å²) in [4.78, 5) is 10.6. The summed E-state index contributed by atoms with van der Waals surface area (Å²) < 4.78 is 5.91. The molecule has 0 bridgehead atoms. The van der Waals surface area contributed by atoms with E-state index in [1.165, 1.54) is 6.07 Å². The Hall–Kier alpha value is -1.29. The maximum atomic E-state index is 11.1. The van der Waals surface area contributed by atoms with E-state index < -0.39 is 4.92 Å². The third kappa shape index (κ3) is 3.42.